The van der Waals surface area contributed by atoms with Crippen LogP contribution in [0.4, 0.5) is 5.69 Å². The summed E-state index contributed by atoms with van der Waals surface area (Å²) < 4.78 is 1.92. The predicted molar refractivity (Wildman–Crippen MR) is 143 cm³/mol. The lowest BCUT2D eigenvalue weighted by Gasteiger charge is -2.10. The first-order valence-corrected chi connectivity index (χ1v) is 12.4. The minimum atomic E-state index is -0.134. The summed E-state index contributed by atoms with van der Waals surface area (Å²) in [5, 5.41) is 14.0. The van der Waals surface area contributed by atoms with Gasteiger partial charge >= 0.3 is 0 Å². The van der Waals surface area contributed by atoms with E-state index in [9.17, 15) is 4.79 Å². The lowest BCUT2D eigenvalue weighted by atomic mass is 10.0. The summed E-state index contributed by atoms with van der Waals surface area (Å²) in [6, 6.07) is 25.5. The van der Waals surface area contributed by atoms with Crippen LogP contribution in [0.15, 0.2) is 84.0 Å². The zero-order valence-electron chi connectivity index (χ0n) is 19.2. The van der Waals surface area contributed by atoms with Gasteiger partial charge in [-0.25, -0.2) is 4.98 Å². The maximum Gasteiger partial charge on any atom is 0.234 e. The van der Waals surface area contributed by atoms with Crippen molar-refractivity contribution < 1.29 is 4.79 Å². The van der Waals surface area contributed by atoms with Gasteiger partial charge in [0, 0.05) is 34.3 Å². The summed E-state index contributed by atoms with van der Waals surface area (Å²) in [6.07, 6.45) is 0. The number of nitrogens with zero attached hydrogens (tertiary/aromatic N) is 4. The first kappa shape index (κ1) is 23.1. The van der Waals surface area contributed by atoms with E-state index in [4.69, 9.17) is 16.6 Å². The Kier molecular flexibility index (Phi) is 6.53. The minimum absolute atomic E-state index is 0.134. The first-order chi connectivity index (χ1) is 17.0. The van der Waals surface area contributed by atoms with Crippen LogP contribution in [0.2, 0.25) is 5.02 Å². The zero-order chi connectivity index (χ0) is 24.4. The first-order valence-electron chi connectivity index (χ1n) is 11.0. The van der Waals surface area contributed by atoms with E-state index in [0.717, 1.165) is 39.1 Å². The van der Waals surface area contributed by atoms with Crippen molar-refractivity contribution in [3.8, 4) is 22.6 Å². The Morgan fingerprint density at radius 3 is 2.60 bits per heavy atom. The van der Waals surface area contributed by atoms with E-state index in [2.05, 4.69) is 15.5 Å². The Balaban J connectivity index is 1.42. The molecule has 6 nitrogen and oxygen atoms in total. The summed E-state index contributed by atoms with van der Waals surface area (Å²) >= 11 is 7.40. The lowest BCUT2D eigenvalue weighted by Crippen LogP contribution is -2.15. The summed E-state index contributed by atoms with van der Waals surface area (Å²) in [5.41, 5.74) is 5.38. The molecule has 0 aliphatic rings. The minimum Gasteiger partial charge on any atom is -0.325 e. The van der Waals surface area contributed by atoms with Crippen molar-refractivity contribution >= 4 is 45.9 Å². The fourth-order valence-corrected chi connectivity index (χ4v) is 4.72. The number of carbonyl (C=O) groups is 1. The molecule has 3 aromatic carbocycles. The molecule has 0 aliphatic carbocycles. The number of anilines is 1. The number of nitrogens with one attached hydrogen (secondary N) is 1. The average molecular weight is 500 g/mol. The third-order valence-electron chi connectivity index (χ3n) is 5.67. The summed E-state index contributed by atoms with van der Waals surface area (Å²) in [5.74, 6) is 0.782. The van der Waals surface area contributed by atoms with Crippen LogP contribution < -0.4 is 5.32 Å². The lowest BCUT2D eigenvalue weighted by molar-refractivity contribution is -0.113. The quantitative estimate of drug-likeness (QED) is 0.274. The summed E-state index contributed by atoms with van der Waals surface area (Å²) in [6.45, 7) is 1.93. The number of halogens is 1. The van der Waals surface area contributed by atoms with Crippen LogP contribution in [0, 0.1) is 6.92 Å². The van der Waals surface area contributed by atoms with Crippen molar-refractivity contribution in [2.45, 2.75) is 12.1 Å². The fraction of sp³-hybridized carbons (Fsp3) is 0.111. The Hall–Kier alpha value is -3.68. The molecule has 2 aromatic heterocycles. The fourth-order valence-electron chi connectivity index (χ4n) is 3.84. The van der Waals surface area contributed by atoms with Gasteiger partial charge in [0.2, 0.25) is 5.91 Å². The molecule has 0 aliphatic heterocycles. The van der Waals surface area contributed by atoms with Crippen molar-refractivity contribution in [3.63, 3.8) is 0 Å². The van der Waals surface area contributed by atoms with Gasteiger partial charge in [0.1, 0.15) is 0 Å². The molecule has 5 rings (SSSR count). The van der Waals surface area contributed by atoms with Gasteiger partial charge in [-0.3, -0.25) is 4.79 Å². The Bertz CT molecular complexity index is 1530. The number of hydrogen-bond donors (Lipinski definition) is 1. The Labute approximate surface area is 212 Å². The number of fused-ring (bicyclic) bond motifs is 1. The number of thioether (sulfide) groups is 1. The van der Waals surface area contributed by atoms with Crippen molar-refractivity contribution in [2.75, 3.05) is 11.1 Å². The van der Waals surface area contributed by atoms with Crippen LogP contribution in [0.25, 0.3) is 33.5 Å². The molecule has 2 heterocycles. The molecule has 1 N–H and O–H groups in total. The van der Waals surface area contributed by atoms with Gasteiger partial charge in [-0.1, -0.05) is 78.0 Å². The number of carbonyl (C=O) groups excluding carboxylic acids is 1. The van der Waals surface area contributed by atoms with E-state index in [1.165, 1.54) is 11.8 Å². The van der Waals surface area contributed by atoms with Crippen LogP contribution in [-0.4, -0.2) is 31.4 Å². The summed E-state index contributed by atoms with van der Waals surface area (Å²) in [7, 11) is 1.91. The molecule has 0 saturated carbocycles. The number of aromatic nitrogens is 4. The topological polar surface area (TPSA) is 72.7 Å². The van der Waals surface area contributed by atoms with E-state index in [0.29, 0.717) is 15.9 Å². The maximum atomic E-state index is 12.6. The van der Waals surface area contributed by atoms with Gasteiger partial charge in [0.25, 0.3) is 0 Å². The highest BCUT2D eigenvalue weighted by atomic mass is 35.5. The highest BCUT2D eigenvalue weighted by Crippen LogP contribution is 2.32. The largest absolute Gasteiger partial charge is 0.325 e. The van der Waals surface area contributed by atoms with E-state index < -0.39 is 0 Å². The van der Waals surface area contributed by atoms with E-state index in [1.807, 2.05) is 85.3 Å². The number of amides is 1. The van der Waals surface area contributed by atoms with Crippen molar-refractivity contribution in [3.05, 3.63) is 89.4 Å². The molecular formula is C27H22ClN5OS. The molecule has 0 radical (unpaired) electrons. The van der Waals surface area contributed by atoms with Crippen molar-refractivity contribution in [1.29, 1.82) is 0 Å². The van der Waals surface area contributed by atoms with Gasteiger partial charge in [0.15, 0.2) is 11.0 Å². The highest BCUT2D eigenvalue weighted by Gasteiger charge is 2.17. The predicted octanol–water partition coefficient (Wildman–Crippen LogP) is 6.39. The molecule has 0 spiro atoms. The van der Waals surface area contributed by atoms with Gasteiger partial charge in [-0.2, -0.15) is 0 Å². The number of hydrogen-bond acceptors (Lipinski definition) is 5. The van der Waals surface area contributed by atoms with Gasteiger partial charge in [0.05, 0.1) is 17.0 Å². The normalized spacial score (nSPS) is 11.1. The molecule has 0 atom stereocenters. The molecule has 0 unspecified atom stereocenters. The summed E-state index contributed by atoms with van der Waals surface area (Å²) in [4.78, 5) is 17.4. The van der Waals surface area contributed by atoms with Gasteiger partial charge in [-0.05, 0) is 36.8 Å². The van der Waals surface area contributed by atoms with Crippen LogP contribution in [-0.2, 0) is 11.8 Å². The van der Waals surface area contributed by atoms with E-state index in [-0.39, 0.29) is 11.7 Å². The van der Waals surface area contributed by atoms with Crippen molar-refractivity contribution in [2.24, 2.45) is 7.05 Å². The number of aryl methyl sites for hydroxylation is 1. The molecule has 8 heteroatoms. The van der Waals surface area contributed by atoms with Crippen LogP contribution in [0.5, 0.6) is 0 Å². The Morgan fingerprint density at radius 2 is 1.77 bits per heavy atom. The SMILES string of the molecule is Cc1ccc(Cl)cc1NC(=O)CSc1nnc(-c2cc(-c3ccccc3)nc3ccccc23)n1C. The van der Waals surface area contributed by atoms with Gasteiger partial charge in [-0.15, -0.1) is 10.2 Å². The Morgan fingerprint density at radius 1 is 1.00 bits per heavy atom. The standard InChI is InChI=1S/C27H22ClN5OS/c1-17-12-13-19(28)14-23(17)30-25(34)16-35-27-32-31-26(33(27)2)21-15-24(18-8-4-3-5-9-18)29-22-11-7-6-10-20(21)22/h3-15H,16H2,1-2H3,(H,30,34). The monoisotopic (exact) mass is 499 g/mol. The molecule has 1 amide bonds. The second kappa shape index (κ2) is 9.90. The second-order valence-electron chi connectivity index (χ2n) is 8.10. The van der Waals surface area contributed by atoms with Crippen LogP contribution in [0.1, 0.15) is 5.56 Å². The molecule has 0 saturated heterocycles. The smallest absolute Gasteiger partial charge is 0.234 e. The molecule has 0 fully saturated rings. The molecule has 174 valence electrons. The van der Waals surface area contributed by atoms with E-state index in [1.54, 1.807) is 12.1 Å². The average Bonchev–Trinajstić information content (AvgIpc) is 3.24. The molecule has 0 bridgehead atoms. The number of pyridine rings is 1. The third-order valence-corrected chi connectivity index (χ3v) is 6.92. The maximum absolute atomic E-state index is 12.6. The number of para-hydroxylation sites is 1. The van der Waals surface area contributed by atoms with E-state index >= 15 is 0 Å². The second-order valence-corrected chi connectivity index (χ2v) is 9.48. The van der Waals surface area contributed by atoms with Crippen LogP contribution in [0.3, 0.4) is 0 Å². The number of benzene rings is 3. The van der Waals surface area contributed by atoms with Gasteiger partial charge < -0.3 is 9.88 Å². The third kappa shape index (κ3) is 4.92. The molecule has 5 aromatic rings. The molecular weight excluding hydrogens is 478 g/mol. The highest BCUT2D eigenvalue weighted by molar-refractivity contribution is 7.99. The van der Waals surface area contributed by atoms with Crippen LogP contribution >= 0.6 is 23.4 Å². The molecule has 35 heavy (non-hydrogen) atoms. The zero-order valence-corrected chi connectivity index (χ0v) is 20.8. The van der Waals surface area contributed by atoms with Crippen molar-refractivity contribution in [1.82, 2.24) is 19.7 Å². The number of rotatable bonds is 6.